The Balaban J connectivity index is 0.000000143. The maximum Gasteiger partial charge on any atom is 0.143 e. The van der Waals surface area contributed by atoms with Gasteiger partial charge in [0.15, 0.2) is 0 Å². The van der Waals surface area contributed by atoms with Gasteiger partial charge in [0.25, 0.3) is 0 Å². The number of benzene rings is 22. The highest BCUT2D eigenvalue weighted by Gasteiger charge is 2.25. The van der Waals surface area contributed by atoms with E-state index in [0.717, 1.165) is 151 Å². The average molecular weight is 1580 g/mol. The van der Waals surface area contributed by atoms with Gasteiger partial charge in [-0.05, 0) is 240 Å². The number of anilines is 12. The van der Waals surface area contributed by atoms with Crippen LogP contribution < -0.4 is 19.6 Å². The molecular formula is C118H78N4O2. The maximum absolute atomic E-state index is 7.00. The minimum absolute atomic E-state index is 0.860. The lowest BCUT2D eigenvalue weighted by Crippen LogP contribution is -2.10. The smallest absolute Gasteiger partial charge is 0.143 e. The molecule has 0 unspecified atom stereocenters. The standard InChI is InChI=1S/C60H40N2O.C58H38N2O/c1-4-15-41(16-5-1)42-27-32-48(33-28-42)61(46-19-6-2-7-20-46)49-34-29-43(30-35-49)45-31-37-54-56(39-45)52-24-12-13-25-53(52)59-55-38-36-50(40-58(55)63-60(54)59)62(47-21-8-3-9-22-47)57-26-14-18-44-17-10-11-23-51(44)57;1-3-19-43(20-4-1)59(54-27-13-17-40-15-7-9-23-47(40)54)45-32-29-39(30-33-45)42-31-35-52-56(37-42)61-58-51-36-34-46(38-53(51)49-25-11-12-26-50(49)57(52)58)60(44-21-5-2-6-22-44)55-28-14-18-41-16-8-10-24-48(41)55/h1-40H;1-38H. The first-order chi connectivity index (χ1) is 61.5. The van der Waals surface area contributed by atoms with E-state index in [1.165, 1.54) is 70.4 Å². The molecule has 0 spiro atoms. The molecule has 0 bridgehead atoms. The highest BCUT2D eigenvalue weighted by Crippen LogP contribution is 2.50. The Hall–Kier alpha value is -16.5. The molecule has 0 N–H and O–H groups in total. The number of hydrogen-bond acceptors (Lipinski definition) is 6. The van der Waals surface area contributed by atoms with Crippen molar-refractivity contribution in [3.05, 3.63) is 473 Å². The lowest BCUT2D eigenvalue weighted by Gasteiger charge is -2.27. The van der Waals surface area contributed by atoms with Crippen molar-refractivity contribution in [1.82, 2.24) is 0 Å². The van der Waals surface area contributed by atoms with Gasteiger partial charge < -0.3 is 28.4 Å². The molecule has 0 amide bonds. The molecule has 2 heterocycles. The van der Waals surface area contributed by atoms with Gasteiger partial charge in [-0.3, -0.25) is 0 Å². The van der Waals surface area contributed by atoms with Crippen molar-refractivity contribution in [2.24, 2.45) is 0 Å². The number of nitrogens with zero attached hydrogens (tertiary/aromatic N) is 4. The number of para-hydroxylation sites is 4. The minimum atomic E-state index is 0.860. The summed E-state index contributed by atoms with van der Waals surface area (Å²) in [6.07, 6.45) is 0. The van der Waals surface area contributed by atoms with Crippen molar-refractivity contribution < 1.29 is 8.83 Å². The zero-order valence-electron chi connectivity index (χ0n) is 67.6. The number of fused-ring (bicyclic) bond motifs is 19. The van der Waals surface area contributed by atoms with Crippen LogP contribution in [0.3, 0.4) is 0 Å². The second-order valence-electron chi connectivity index (χ2n) is 31.8. The molecule has 2 aromatic heterocycles. The van der Waals surface area contributed by atoms with Crippen LogP contribution in [0.1, 0.15) is 0 Å². The molecule has 0 fully saturated rings. The van der Waals surface area contributed by atoms with Crippen LogP contribution in [-0.4, -0.2) is 0 Å². The molecule has 6 nitrogen and oxygen atoms in total. The third kappa shape index (κ3) is 12.9. The SMILES string of the molecule is c1ccc(-c2ccc(N(c3ccccc3)c3ccc(-c4ccc5c(c4)c4ccccc4c4c6ccc(N(c7ccccc7)c7cccc8ccccc78)cc6oc54)cc3)cc2)cc1.c1ccc(N(c2ccc(-c3ccc4c(c3)oc3c5ccc(N(c6ccccc6)c6cccc7ccccc67)cc5c5ccccc5c43)cc2)c2cccc3ccccc23)cc1. The molecule has 0 saturated carbocycles. The van der Waals surface area contributed by atoms with Gasteiger partial charge in [-0.1, -0.05) is 309 Å². The lowest BCUT2D eigenvalue weighted by atomic mass is 9.94. The fourth-order valence-corrected chi connectivity index (χ4v) is 18.8. The quantitative estimate of drug-likeness (QED) is 0.0953. The zero-order chi connectivity index (χ0) is 82.0. The van der Waals surface area contributed by atoms with Gasteiger partial charge in [0.05, 0.1) is 17.1 Å². The summed E-state index contributed by atoms with van der Waals surface area (Å²) in [5.74, 6) is 0. The second kappa shape index (κ2) is 31.0. The van der Waals surface area contributed by atoms with Crippen LogP contribution in [-0.2, 0) is 0 Å². The van der Waals surface area contributed by atoms with Crippen LogP contribution in [0.15, 0.2) is 482 Å². The predicted octanol–water partition coefficient (Wildman–Crippen LogP) is 34.1. The highest BCUT2D eigenvalue weighted by molar-refractivity contribution is 6.32. The van der Waals surface area contributed by atoms with Gasteiger partial charge in [0.1, 0.15) is 22.3 Å². The van der Waals surface area contributed by atoms with Gasteiger partial charge in [-0.2, -0.15) is 0 Å². The summed E-state index contributed by atoms with van der Waals surface area (Å²) in [6, 6.07) is 170. The van der Waals surface area contributed by atoms with E-state index >= 15 is 0 Å². The summed E-state index contributed by atoms with van der Waals surface area (Å²) in [6.45, 7) is 0. The molecule has 6 heteroatoms. The van der Waals surface area contributed by atoms with Crippen LogP contribution in [0.4, 0.5) is 68.2 Å². The van der Waals surface area contributed by atoms with Crippen LogP contribution in [0, 0.1) is 0 Å². The predicted molar refractivity (Wildman–Crippen MR) is 525 cm³/mol. The Morgan fingerprint density at radius 1 is 0.137 bits per heavy atom. The van der Waals surface area contributed by atoms with Crippen LogP contribution in [0.25, 0.3) is 153 Å². The van der Waals surface area contributed by atoms with Crippen molar-refractivity contribution in [3.63, 3.8) is 0 Å². The third-order valence-electron chi connectivity index (χ3n) is 24.6. The first kappa shape index (κ1) is 72.7. The van der Waals surface area contributed by atoms with Gasteiger partial charge >= 0.3 is 0 Å². The molecule has 0 aliphatic carbocycles. The maximum atomic E-state index is 7.00. The molecule has 0 aliphatic rings. The van der Waals surface area contributed by atoms with Crippen LogP contribution >= 0.6 is 0 Å². The molecule has 24 rings (SSSR count). The summed E-state index contributed by atoms with van der Waals surface area (Å²) in [7, 11) is 0. The van der Waals surface area contributed by atoms with E-state index in [-0.39, 0.29) is 0 Å². The summed E-state index contributed by atoms with van der Waals surface area (Å²) >= 11 is 0. The molecule has 0 atom stereocenters. The van der Waals surface area contributed by atoms with Gasteiger partial charge in [-0.25, -0.2) is 0 Å². The Morgan fingerprint density at radius 2 is 0.403 bits per heavy atom. The van der Waals surface area contributed by atoms with E-state index in [1.54, 1.807) is 0 Å². The number of furan rings is 2. The summed E-state index contributed by atoms with van der Waals surface area (Å²) in [4.78, 5) is 9.37. The third-order valence-corrected chi connectivity index (χ3v) is 24.6. The molecular weight excluding hydrogens is 1510 g/mol. The summed E-state index contributed by atoms with van der Waals surface area (Å²) < 4.78 is 14.0. The fourth-order valence-electron chi connectivity index (χ4n) is 18.8. The Kier molecular flexibility index (Phi) is 18.2. The first-order valence-electron chi connectivity index (χ1n) is 42.3. The topological polar surface area (TPSA) is 39.2 Å². The zero-order valence-corrected chi connectivity index (χ0v) is 67.6. The molecule has 0 saturated heterocycles. The van der Waals surface area contributed by atoms with Crippen molar-refractivity contribution in [1.29, 1.82) is 0 Å². The number of rotatable bonds is 15. The van der Waals surface area contributed by atoms with Crippen molar-refractivity contribution in [2.75, 3.05) is 19.6 Å². The molecule has 0 aliphatic heterocycles. The van der Waals surface area contributed by atoms with E-state index in [0.29, 0.717) is 0 Å². The lowest BCUT2D eigenvalue weighted by molar-refractivity contribution is 0.672. The van der Waals surface area contributed by atoms with Crippen molar-refractivity contribution >= 4 is 188 Å². The largest absolute Gasteiger partial charge is 0.455 e. The molecule has 124 heavy (non-hydrogen) atoms. The minimum Gasteiger partial charge on any atom is -0.455 e. The fraction of sp³-hybridized carbons (Fsp3) is 0. The molecule has 0 radical (unpaired) electrons. The summed E-state index contributed by atoms with van der Waals surface area (Å²) in [5.41, 5.74) is 23.8. The molecule has 582 valence electrons. The van der Waals surface area contributed by atoms with E-state index in [4.69, 9.17) is 8.83 Å². The average Bonchev–Trinajstić information content (AvgIpc) is 1.54. The Bertz CT molecular complexity index is 8140. The second-order valence-corrected chi connectivity index (χ2v) is 31.8. The van der Waals surface area contributed by atoms with Gasteiger partial charge in [0, 0.05) is 106 Å². The highest BCUT2D eigenvalue weighted by atomic mass is 16.3. The summed E-state index contributed by atoms with van der Waals surface area (Å²) in [5, 5.41) is 21.1. The van der Waals surface area contributed by atoms with Gasteiger partial charge in [-0.15, -0.1) is 0 Å². The first-order valence-corrected chi connectivity index (χ1v) is 42.3. The Morgan fingerprint density at radius 3 is 0.839 bits per heavy atom. The van der Waals surface area contributed by atoms with E-state index in [1.807, 2.05) is 0 Å². The van der Waals surface area contributed by atoms with E-state index < -0.39 is 0 Å². The molecule has 24 aromatic rings. The van der Waals surface area contributed by atoms with Crippen LogP contribution in [0.5, 0.6) is 0 Å². The van der Waals surface area contributed by atoms with E-state index in [2.05, 4.69) is 493 Å². The van der Waals surface area contributed by atoms with Crippen LogP contribution in [0.2, 0.25) is 0 Å². The van der Waals surface area contributed by atoms with E-state index in [9.17, 15) is 0 Å². The van der Waals surface area contributed by atoms with Gasteiger partial charge in [0.2, 0.25) is 0 Å². The number of hydrogen-bond donors (Lipinski definition) is 0. The van der Waals surface area contributed by atoms with Crippen molar-refractivity contribution in [2.45, 2.75) is 0 Å². The normalized spacial score (nSPS) is 11.5. The molecule has 22 aromatic carbocycles. The monoisotopic (exact) mass is 1580 g/mol. The Labute approximate surface area is 717 Å². The van der Waals surface area contributed by atoms with Crippen molar-refractivity contribution in [3.8, 4) is 33.4 Å².